The molecule has 0 aliphatic heterocycles. The summed E-state index contributed by atoms with van der Waals surface area (Å²) in [7, 11) is 0. The average Bonchev–Trinajstić information content (AvgIpc) is 2.42. The molecule has 112 valence electrons. The summed E-state index contributed by atoms with van der Waals surface area (Å²) < 4.78 is 5.43. The van der Waals surface area contributed by atoms with Gasteiger partial charge in [0.2, 0.25) is 0 Å². The van der Waals surface area contributed by atoms with Crippen LogP contribution in [-0.4, -0.2) is 30.3 Å². The van der Waals surface area contributed by atoms with E-state index in [0.29, 0.717) is 12.2 Å². The molecule has 20 heavy (non-hydrogen) atoms. The molecule has 0 bridgehead atoms. The van der Waals surface area contributed by atoms with E-state index in [2.05, 4.69) is 26.1 Å². The van der Waals surface area contributed by atoms with E-state index in [4.69, 9.17) is 9.84 Å². The maximum atomic E-state index is 11.6. The molecule has 0 heterocycles. The number of aliphatic hydroxyl groups excluding tert-OH is 1. The van der Waals surface area contributed by atoms with Crippen LogP contribution in [0.4, 0.5) is 0 Å². The van der Waals surface area contributed by atoms with E-state index >= 15 is 0 Å². The lowest BCUT2D eigenvalue weighted by Gasteiger charge is -2.19. The summed E-state index contributed by atoms with van der Waals surface area (Å²) in [6.45, 7) is 8.27. The van der Waals surface area contributed by atoms with Crippen molar-refractivity contribution in [2.75, 3.05) is 13.2 Å². The molecule has 0 aliphatic carbocycles. The van der Waals surface area contributed by atoms with Gasteiger partial charge in [0.25, 0.3) is 5.91 Å². The zero-order valence-corrected chi connectivity index (χ0v) is 12.8. The van der Waals surface area contributed by atoms with Gasteiger partial charge in [0.15, 0.2) is 6.61 Å². The molecule has 0 saturated carbocycles. The normalized spacial score (nSPS) is 12.8. The predicted octanol–water partition coefficient (Wildman–Crippen LogP) is 2.25. The van der Waals surface area contributed by atoms with Gasteiger partial charge in [-0.15, -0.1) is 0 Å². The van der Waals surface area contributed by atoms with Crippen LogP contribution in [0.1, 0.15) is 39.7 Å². The second-order valence-corrected chi connectivity index (χ2v) is 5.92. The van der Waals surface area contributed by atoms with E-state index in [9.17, 15) is 4.79 Å². The SMILES string of the molecule is CCC(CO)NC(=O)COc1ccc(C(C)(C)C)cc1. The van der Waals surface area contributed by atoms with Crippen molar-refractivity contribution in [1.82, 2.24) is 5.32 Å². The zero-order valence-electron chi connectivity index (χ0n) is 12.8. The fourth-order valence-corrected chi connectivity index (χ4v) is 1.75. The number of nitrogens with one attached hydrogen (secondary N) is 1. The number of carbonyl (C=O) groups is 1. The van der Waals surface area contributed by atoms with Crippen molar-refractivity contribution in [1.29, 1.82) is 0 Å². The lowest BCUT2D eigenvalue weighted by atomic mass is 9.87. The Morgan fingerprint density at radius 3 is 2.35 bits per heavy atom. The molecule has 0 spiro atoms. The average molecular weight is 279 g/mol. The third-order valence-corrected chi connectivity index (χ3v) is 3.17. The Kier molecular flexibility index (Phi) is 6.02. The van der Waals surface area contributed by atoms with E-state index in [0.717, 1.165) is 0 Å². The summed E-state index contributed by atoms with van der Waals surface area (Å²) in [4.78, 5) is 11.6. The van der Waals surface area contributed by atoms with Crippen molar-refractivity contribution >= 4 is 5.91 Å². The molecule has 1 unspecified atom stereocenters. The molecule has 1 aromatic rings. The van der Waals surface area contributed by atoms with Crippen LogP contribution < -0.4 is 10.1 Å². The molecule has 1 rings (SSSR count). The number of aliphatic hydroxyl groups is 1. The highest BCUT2D eigenvalue weighted by atomic mass is 16.5. The van der Waals surface area contributed by atoms with Gasteiger partial charge in [-0.3, -0.25) is 4.79 Å². The highest BCUT2D eigenvalue weighted by molar-refractivity contribution is 5.77. The highest BCUT2D eigenvalue weighted by Gasteiger charge is 2.13. The van der Waals surface area contributed by atoms with E-state index in [1.807, 2.05) is 31.2 Å². The molecule has 1 aromatic carbocycles. The second-order valence-electron chi connectivity index (χ2n) is 5.92. The first-order valence-corrected chi connectivity index (χ1v) is 7.00. The summed E-state index contributed by atoms with van der Waals surface area (Å²) >= 11 is 0. The third-order valence-electron chi connectivity index (χ3n) is 3.17. The third kappa shape index (κ3) is 5.21. The van der Waals surface area contributed by atoms with Crippen LogP contribution in [0.3, 0.4) is 0 Å². The van der Waals surface area contributed by atoms with Crippen molar-refractivity contribution in [3.05, 3.63) is 29.8 Å². The minimum absolute atomic E-state index is 0.0363. The number of amides is 1. The summed E-state index contributed by atoms with van der Waals surface area (Å²) in [6.07, 6.45) is 0.697. The van der Waals surface area contributed by atoms with Crippen LogP contribution in [0.15, 0.2) is 24.3 Å². The van der Waals surface area contributed by atoms with Crippen molar-refractivity contribution in [2.24, 2.45) is 0 Å². The number of hydrogen-bond donors (Lipinski definition) is 2. The lowest BCUT2D eigenvalue weighted by molar-refractivity contribution is -0.124. The molecular formula is C16H25NO3. The Labute approximate surface area is 121 Å². The monoisotopic (exact) mass is 279 g/mol. The van der Waals surface area contributed by atoms with E-state index in [-0.39, 0.29) is 30.6 Å². The maximum absolute atomic E-state index is 11.6. The van der Waals surface area contributed by atoms with Gasteiger partial charge < -0.3 is 15.2 Å². The van der Waals surface area contributed by atoms with Crippen molar-refractivity contribution in [2.45, 2.75) is 45.6 Å². The number of hydrogen-bond acceptors (Lipinski definition) is 3. The minimum Gasteiger partial charge on any atom is -0.484 e. The molecule has 4 nitrogen and oxygen atoms in total. The lowest BCUT2D eigenvalue weighted by Crippen LogP contribution is -2.39. The standard InChI is InChI=1S/C16H25NO3/c1-5-13(10-18)17-15(19)11-20-14-8-6-12(7-9-14)16(2,3)4/h6-9,13,18H,5,10-11H2,1-4H3,(H,17,19). The van der Waals surface area contributed by atoms with Crippen LogP contribution in [0, 0.1) is 0 Å². The molecule has 4 heteroatoms. The van der Waals surface area contributed by atoms with Crippen molar-refractivity contribution < 1.29 is 14.6 Å². The van der Waals surface area contributed by atoms with Gasteiger partial charge in [-0.05, 0) is 29.5 Å². The van der Waals surface area contributed by atoms with Crippen molar-refractivity contribution in [3.8, 4) is 5.75 Å². The Hall–Kier alpha value is -1.55. The minimum atomic E-state index is -0.217. The Balaban J connectivity index is 2.48. The molecule has 0 radical (unpaired) electrons. The zero-order chi connectivity index (χ0) is 15.2. The number of ether oxygens (including phenoxy) is 1. The fourth-order valence-electron chi connectivity index (χ4n) is 1.75. The van der Waals surface area contributed by atoms with Crippen LogP contribution in [0.25, 0.3) is 0 Å². The smallest absolute Gasteiger partial charge is 0.258 e. The van der Waals surface area contributed by atoms with Gasteiger partial charge in [0, 0.05) is 0 Å². The first-order valence-electron chi connectivity index (χ1n) is 7.00. The van der Waals surface area contributed by atoms with Gasteiger partial charge in [0.1, 0.15) is 5.75 Å². The number of carbonyl (C=O) groups excluding carboxylic acids is 1. The first-order chi connectivity index (χ1) is 9.36. The van der Waals surface area contributed by atoms with Crippen LogP contribution in [0.2, 0.25) is 0 Å². The van der Waals surface area contributed by atoms with E-state index < -0.39 is 0 Å². The van der Waals surface area contributed by atoms with Gasteiger partial charge in [-0.1, -0.05) is 39.8 Å². The van der Waals surface area contributed by atoms with Gasteiger partial charge >= 0.3 is 0 Å². The Morgan fingerprint density at radius 1 is 1.30 bits per heavy atom. The maximum Gasteiger partial charge on any atom is 0.258 e. The number of benzene rings is 1. The van der Waals surface area contributed by atoms with Gasteiger partial charge in [0.05, 0.1) is 12.6 Å². The molecule has 1 amide bonds. The largest absolute Gasteiger partial charge is 0.484 e. The first kappa shape index (κ1) is 16.5. The summed E-state index contributed by atoms with van der Waals surface area (Å²) in [6, 6.07) is 7.56. The van der Waals surface area contributed by atoms with Crippen LogP contribution in [-0.2, 0) is 10.2 Å². The Bertz CT molecular complexity index is 416. The highest BCUT2D eigenvalue weighted by Crippen LogP contribution is 2.24. The van der Waals surface area contributed by atoms with Crippen LogP contribution in [0.5, 0.6) is 5.75 Å². The van der Waals surface area contributed by atoms with Crippen LogP contribution >= 0.6 is 0 Å². The molecule has 0 saturated heterocycles. The topological polar surface area (TPSA) is 58.6 Å². The molecule has 0 aliphatic rings. The molecular weight excluding hydrogens is 254 g/mol. The summed E-state index contributed by atoms with van der Waals surface area (Å²) in [5.41, 5.74) is 1.33. The second kappa shape index (κ2) is 7.29. The molecule has 0 aromatic heterocycles. The predicted molar refractivity (Wildman–Crippen MR) is 79.9 cm³/mol. The summed E-state index contributed by atoms with van der Waals surface area (Å²) in [5.74, 6) is 0.455. The molecule has 1 atom stereocenters. The summed E-state index contributed by atoms with van der Waals surface area (Å²) in [5, 5.41) is 11.7. The van der Waals surface area contributed by atoms with Gasteiger partial charge in [-0.2, -0.15) is 0 Å². The van der Waals surface area contributed by atoms with Crippen molar-refractivity contribution in [3.63, 3.8) is 0 Å². The van der Waals surface area contributed by atoms with E-state index in [1.165, 1.54) is 5.56 Å². The van der Waals surface area contributed by atoms with Gasteiger partial charge in [-0.25, -0.2) is 0 Å². The quantitative estimate of drug-likeness (QED) is 0.839. The molecule has 0 fully saturated rings. The molecule has 2 N–H and O–H groups in total. The fraction of sp³-hybridized carbons (Fsp3) is 0.562. The van der Waals surface area contributed by atoms with E-state index in [1.54, 1.807) is 0 Å². The number of rotatable bonds is 6. The Morgan fingerprint density at radius 2 is 1.90 bits per heavy atom.